The molecule has 68 valence electrons. The van der Waals surface area contributed by atoms with Crippen molar-refractivity contribution in [3.8, 4) is 0 Å². The Kier molecular flexibility index (Phi) is 3.27. The van der Waals surface area contributed by atoms with Crippen LogP contribution >= 0.6 is 0 Å². The van der Waals surface area contributed by atoms with E-state index in [-0.39, 0.29) is 12.2 Å². The molecule has 0 spiro atoms. The van der Waals surface area contributed by atoms with Crippen molar-refractivity contribution >= 4 is 11.9 Å². The fourth-order valence-electron chi connectivity index (χ4n) is 0.287. The smallest absolute Gasteiger partial charge is 0.478 e. The number of carboxylic acids is 1. The first kappa shape index (κ1) is 10.5. The summed E-state index contributed by atoms with van der Waals surface area (Å²) in [5.74, 6) is -3.31. The number of halogens is 3. The zero-order chi connectivity index (χ0) is 9.78. The first-order valence-electron chi connectivity index (χ1n) is 2.52. The van der Waals surface area contributed by atoms with Gasteiger partial charge in [0.05, 0.1) is 0 Å². The Hall–Kier alpha value is -1.53. The first-order chi connectivity index (χ1) is 5.31. The number of alkyl halides is 3. The molecule has 0 bridgehead atoms. The lowest BCUT2D eigenvalue weighted by molar-refractivity contribution is -0.303. The fourth-order valence-corrected chi connectivity index (χ4v) is 0.287. The minimum atomic E-state index is -5.08. The number of hydrogen-bond acceptors (Lipinski definition) is 3. The molecule has 0 fully saturated rings. The van der Waals surface area contributed by atoms with E-state index in [4.69, 9.17) is 5.11 Å². The van der Waals surface area contributed by atoms with Crippen LogP contribution in [0.3, 0.4) is 0 Å². The standard InChI is InChI=1S/C5H3F3O4/c6-5(7,8)12-4(11)2-1-3(9)10/h1-2H,(H,9,10)/b2-1-. The average molecular weight is 184 g/mol. The molecular weight excluding hydrogens is 181 g/mol. The minimum absolute atomic E-state index is 0.163. The van der Waals surface area contributed by atoms with Gasteiger partial charge in [0.1, 0.15) is 0 Å². The number of carbonyl (C=O) groups is 2. The number of ether oxygens (including phenoxy) is 1. The van der Waals surface area contributed by atoms with Crippen LogP contribution in [-0.2, 0) is 14.3 Å². The van der Waals surface area contributed by atoms with Gasteiger partial charge in [0.2, 0.25) is 0 Å². The fraction of sp³-hybridized carbons (Fsp3) is 0.200. The van der Waals surface area contributed by atoms with E-state index >= 15 is 0 Å². The largest absolute Gasteiger partial charge is 0.575 e. The van der Waals surface area contributed by atoms with E-state index in [0.29, 0.717) is 0 Å². The predicted octanol–water partition coefficient (Wildman–Crippen LogP) is 0.690. The molecule has 0 aromatic rings. The summed E-state index contributed by atoms with van der Waals surface area (Å²) in [5, 5.41) is 7.88. The Morgan fingerprint density at radius 1 is 1.25 bits per heavy atom. The summed E-state index contributed by atoms with van der Waals surface area (Å²) in [6, 6.07) is 0. The van der Waals surface area contributed by atoms with E-state index in [1.54, 1.807) is 0 Å². The van der Waals surface area contributed by atoms with E-state index in [1.165, 1.54) is 0 Å². The average Bonchev–Trinajstić information content (AvgIpc) is 1.79. The Balaban J connectivity index is 3.99. The molecule has 0 aliphatic heterocycles. The Bertz CT molecular complexity index is 217. The molecule has 4 nitrogen and oxygen atoms in total. The number of esters is 1. The molecule has 0 aromatic heterocycles. The van der Waals surface area contributed by atoms with Crippen LogP contribution in [0.5, 0.6) is 0 Å². The lowest BCUT2D eigenvalue weighted by atomic mass is 10.5. The lowest BCUT2D eigenvalue weighted by Gasteiger charge is -2.02. The summed E-state index contributed by atoms with van der Waals surface area (Å²) in [7, 11) is 0. The summed E-state index contributed by atoms with van der Waals surface area (Å²) in [6.45, 7) is 0. The third-order valence-electron chi connectivity index (χ3n) is 0.578. The molecule has 0 aliphatic carbocycles. The van der Waals surface area contributed by atoms with Crippen LogP contribution in [0.2, 0.25) is 0 Å². The van der Waals surface area contributed by atoms with Crippen LogP contribution < -0.4 is 0 Å². The van der Waals surface area contributed by atoms with Crippen LogP contribution in [-0.4, -0.2) is 23.4 Å². The van der Waals surface area contributed by atoms with Crippen LogP contribution in [0, 0.1) is 0 Å². The van der Waals surface area contributed by atoms with Crippen LogP contribution in [0.15, 0.2) is 12.2 Å². The molecule has 0 atom stereocenters. The van der Waals surface area contributed by atoms with Crippen LogP contribution in [0.25, 0.3) is 0 Å². The van der Waals surface area contributed by atoms with E-state index in [9.17, 15) is 22.8 Å². The summed E-state index contributed by atoms with van der Waals surface area (Å²) in [6.07, 6.45) is -4.68. The van der Waals surface area contributed by atoms with E-state index in [2.05, 4.69) is 4.74 Å². The molecule has 0 amide bonds. The second kappa shape index (κ2) is 3.74. The Morgan fingerprint density at radius 2 is 1.75 bits per heavy atom. The van der Waals surface area contributed by atoms with Gasteiger partial charge in [-0.3, -0.25) is 0 Å². The molecular formula is C5H3F3O4. The maximum Gasteiger partial charge on any atom is 0.575 e. The van der Waals surface area contributed by atoms with Crippen LogP contribution in [0.1, 0.15) is 0 Å². The molecule has 1 N–H and O–H groups in total. The highest BCUT2D eigenvalue weighted by Gasteiger charge is 2.32. The second-order valence-electron chi connectivity index (χ2n) is 1.54. The normalized spacial score (nSPS) is 11.6. The molecule has 0 heterocycles. The van der Waals surface area contributed by atoms with Crippen molar-refractivity contribution in [2.24, 2.45) is 0 Å². The molecule has 0 aromatic carbocycles. The van der Waals surface area contributed by atoms with Crippen molar-refractivity contribution in [3.05, 3.63) is 12.2 Å². The maximum absolute atomic E-state index is 11.2. The van der Waals surface area contributed by atoms with E-state index < -0.39 is 18.3 Å². The second-order valence-corrected chi connectivity index (χ2v) is 1.54. The van der Waals surface area contributed by atoms with Crippen molar-refractivity contribution in [2.75, 3.05) is 0 Å². The number of carboxylic acid groups (broad SMARTS) is 1. The summed E-state index contributed by atoms with van der Waals surface area (Å²) < 4.78 is 36.4. The van der Waals surface area contributed by atoms with Crippen molar-refractivity contribution in [2.45, 2.75) is 6.36 Å². The molecule has 0 saturated heterocycles. The van der Waals surface area contributed by atoms with Gasteiger partial charge in [-0.25, -0.2) is 9.59 Å². The highest BCUT2D eigenvalue weighted by Crippen LogP contribution is 2.16. The van der Waals surface area contributed by atoms with Crippen molar-refractivity contribution < 1.29 is 32.6 Å². The zero-order valence-corrected chi connectivity index (χ0v) is 5.46. The number of hydrogen-bond donors (Lipinski definition) is 1. The molecule has 7 heteroatoms. The topological polar surface area (TPSA) is 63.6 Å². The highest BCUT2D eigenvalue weighted by atomic mass is 19.4. The minimum Gasteiger partial charge on any atom is -0.478 e. The van der Waals surface area contributed by atoms with Gasteiger partial charge >= 0.3 is 18.3 Å². The number of carbonyl (C=O) groups excluding carboxylic acids is 1. The van der Waals surface area contributed by atoms with Gasteiger partial charge in [-0.2, -0.15) is 0 Å². The lowest BCUT2D eigenvalue weighted by Crippen LogP contribution is -2.17. The third-order valence-corrected chi connectivity index (χ3v) is 0.578. The third kappa shape index (κ3) is 6.59. The van der Waals surface area contributed by atoms with Gasteiger partial charge in [-0.1, -0.05) is 0 Å². The summed E-state index contributed by atoms with van der Waals surface area (Å²) in [4.78, 5) is 19.8. The predicted molar refractivity (Wildman–Crippen MR) is 28.9 cm³/mol. The first-order valence-corrected chi connectivity index (χ1v) is 2.52. The van der Waals surface area contributed by atoms with Gasteiger partial charge in [-0.05, 0) is 0 Å². The van der Waals surface area contributed by atoms with Gasteiger partial charge in [0, 0.05) is 12.2 Å². The number of aliphatic carboxylic acids is 1. The molecule has 0 saturated carbocycles. The monoisotopic (exact) mass is 184 g/mol. The van der Waals surface area contributed by atoms with Gasteiger partial charge in [0.15, 0.2) is 0 Å². The van der Waals surface area contributed by atoms with Gasteiger partial charge < -0.3 is 9.84 Å². The van der Waals surface area contributed by atoms with Gasteiger partial charge in [-0.15, -0.1) is 13.2 Å². The molecule has 0 radical (unpaired) electrons. The Morgan fingerprint density at radius 3 is 2.08 bits per heavy atom. The van der Waals surface area contributed by atoms with Crippen molar-refractivity contribution in [1.29, 1.82) is 0 Å². The highest BCUT2D eigenvalue weighted by molar-refractivity contribution is 5.90. The Labute approximate surface area is 64.2 Å². The van der Waals surface area contributed by atoms with E-state index in [0.717, 1.165) is 0 Å². The quantitative estimate of drug-likeness (QED) is 0.506. The summed E-state index contributed by atoms with van der Waals surface area (Å²) >= 11 is 0. The molecule has 0 rings (SSSR count). The number of rotatable bonds is 2. The zero-order valence-electron chi connectivity index (χ0n) is 5.46. The van der Waals surface area contributed by atoms with Crippen LogP contribution in [0.4, 0.5) is 13.2 Å². The van der Waals surface area contributed by atoms with Crippen molar-refractivity contribution in [1.82, 2.24) is 0 Å². The molecule has 0 aliphatic rings. The molecule has 0 unspecified atom stereocenters. The van der Waals surface area contributed by atoms with Crippen molar-refractivity contribution in [3.63, 3.8) is 0 Å². The summed E-state index contributed by atoms with van der Waals surface area (Å²) in [5.41, 5.74) is 0. The van der Waals surface area contributed by atoms with Gasteiger partial charge in [0.25, 0.3) is 0 Å². The van der Waals surface area contributed by atoms with E-state index in [1.807, 2.05) is 0 Å². The molecule has 12 heavy (non-hydrogen) atoms. The SMILES string of the molecule is O=C(O)/C=C\C(=O)OC(F)(F)F. The maximum atomic E-state index is 11.2.